The number of aromatic nitrogens is 2. The molecule has 0 bridgehead atoms. The van der Waals surface area contributed by atoms with Crippen molar-refractivity contribution in [2.24, 2.45) is 0 Å². The van der Waals surface area contributed by atoms with Gasteiger partial charge in [0, 0.05) is 31.0 Å². The Morgan fingerprint density at radius 1 is 1.26 bits per heavy atom. The normalized spacial score (nSPS) is 17.6. The summed E-state index contributed by atoms with van der Waals surface area (Å²) in [4.78, 5) is 24.2. The lowest BCUT2D eigenvalue weighted by atomic mass is 9.92. The van der Waals surface area contributed by atoms with Crippen molar-refractivity contribution >= 4 is 29.5 Å². The molecular weight excluding hydrogens is 318 g/mol. The van der Waals surface area contributed by atoms with Crippen LogP contribution >= 0.6 is 11.8 Å². The summed E-state index contributed by atoms with van der Waals surface area (Å²) in [5, 5.41) is 10.4. The number of carbonyl (C=O) groups is 2. The zero-order chi connectivity index (χ0) is 17.4. The van der Waals surface area contributed by atoms with E-state index in [-0.39, 0.29) is 11.0 Å². The molecule has 2 rings (SSSR count). The number of hydrogen-bond acceptors (Lipinski definition) is 7. The number of aromatic amines is 1. The summed E-state index contributed by atoms with van der Waals surface area (Å²) >= 11 is 1.21. The summed E-state index contributed by atoms with van der Waals surface area (Å²) in [6.45, 7) is 9.17. The first kappa shape index (κ1) is 17.4. The minimum Gasteiger partial charge on any atom is -0.419 e. The van der Waals surface area contributed by atoms with Crippen LogP contribution < -0.4 is 5.32 Å². The molecule has 1 aliphatic heterocycles. The summed E-state index contributed by atoms with van der Waals surface area (Å²) in [7, 11) is 0. The Morgan fingerprint density at radius 3 is 2.26 bits per heavy atom. The molecule has 0 atom stereocenters. The number of hydrogen-bond donors (Lipinski definition) is 2. The van der Waals surface area contributed by atoms with Crippen LogP contribution in [0.1, 0.15) is 40.3 Å². The standard InChI is InChI=1S/C15H21N3O4S/c1-14(2,3)8-7-9(18-17-8)16-11(23-6)10-12(19)21-15(4,5)22-13(10)20/h7H,1-6H3,(H2,16,17,18). The lowest BCUT2D eigenvalue weighted by Gasteiger charge is -2.30. The van der Waals surface area contributed by atoms with Crippen molar-refractivity contribution in [3.8, 4) is 0 Å². The van der Waals surface area contributed by atoms with Gasteiger partial charge in [-0.15, -0.1) is 11.8 Å². The fourth-order valence-electron chi connectivity index (χ4n) is 1.94. The van der Waals surface area contributed by atoms with Gasteiger partial charge in [-0.2, -0.15) is 5.10 Å². The van der Waals surface area contributed by atoms with Gasteiger partial charge in [0.1, 0.15) is 0 Å². The lowest BCUT2D eigenvalue weighted by Crippen LogP contribution is -2.42. The van der Waals surface area contributed by atoms with E-state index in [1.54, 1.807) is 6.26 Å². The maximum Gasteiger partial charge on any atom is 0.351 e. The van der Waals surface area contributed by atoms with Crippen LogP contribution in [0.3, 0.4) is 0 Å². The number of rotatable bonds is 3. The van der Waals surface area contributed by atoms with Crippen LogP contribution in [0.4, 0.5) is 5.82 Å². The van der Waals surface area contributed by atoms with Gasteiger partial charge in [0.25, 0.3) is 5.79 Å². The first-order valence-corrected chi connectivity index (χ1v) is 8.34. The van der Waals surface area contributed by atoms with E-state index in [2.05, 4.69) is 36.3 Å². The molecule has 0 amide bonds. The smallest absolute Gasteiger partial charge is 0.351 e. The second kappa shape index (κ2) is 5.92. The molecule has 0 aliphatic carbocycles. The van der Waals surface area contributed by atoms with Crippen LogP contribution in [0.5, 0.6) is 0 Å². The van der Waals surface area contributed by atoms with Crippen molar-refractivity contribution in [1.29, 1.82) is 0 Å². The first-order valence-electron chi connectivity index (χ1n) is 7.11. The molecule has 7 nitrogen and oxygen atoms in total. The molecule has 23 heavy (non-hydrogen) atoms. The average molecular weight is 339 g/mol. The Kier molecular flexibility index (Phi) is 4.48. The third-order valence-electron chi connectivity index (χ3n) is 3.14. The number of H-pyrrole nitrogens is 1. The van der Waals surface area contributed by atoms with Crippen molar-refractivity contribution in [1.82, 2.24) is 10.2 Å². The summed E-state index contributed by atoms with van der Waals surface area (Å²) in [6.07, 6.45) is 1.74. The van der Waals surface area contributed by atoms with Gasteiger partial charge in [-0.3, -0.25) is 5.10 Å². The second-order valence-electron chi connectivity index (χ2n) is 6.63. The number of esters is 2. The third kappa shape index (κ3) is 3.87. The van der Waals surface area contributed by atoms with E-state index in [0.29, 0.717) is 10.8 Å². The van der Waals surface area contributed by atoms with E-state index in [1.165, 1.54) is 25.6 Å². The molecule has 1 saturated heterocycles. The van der Waals surface area contributed by atoms with Gasteiger partial charge in [-0.05, 0) is 6.26 Å². The molecule has 2 N–H and O–H groups in total. The fourth-order valence-corrected chi connectivity index (χ4v) is 2.52. The zero-order valence-corrected chi connectivity index (χ0v) is 14.9. The van der Waals surface area contributed by atoms with Crippen LogP contribution in [0.15, 0.2) is 16.7 Å². The van der Waals surface area contributed by atoms with E-state index in [1.807, 2.05) is 6.07 Å². The monoisotopic (exact) mass is 339 g/mol. The molecule has 2 heterocycles. The maximum absolute atomic E-state index is 12.1. The number of anilines is 1. The highest BCUT2D eigenvalue weighted by Crippen LogP contribution is 2.29. The molecule has 0 aromatic carbocycles. The Balaban J connectivity index is 2.30. The third-order valence-corrected chi connectivity index (χ3v) is 3.86. The summed E-state index contributed by atoms with van der Waals surface area (Å²) < 4.78 is 10.2. The molecule has 8 heteroatoms. The molecule has 0 saturated carbocycles. The second-order valence-corrected chi connectivity index (χ2v) is 7.45. The van der Waals surface area contributed by atoms with Gasteiger partial charge in [-0.1, -0.05) is 20.8 Å². The summed E-state index contributed by atoms with van der Waals surface area (Å²) in [5.74, 6) is -2.17. The van der Waals surface area contributed by atoms with Gasteiger partial charge in [0.15, 0.2) is 11.4 Å². The van der Waals surface area contributed by atoms with Crippen LogP contribution in [0.2, 0.25) is 0 Å². The van der Waals surface area contributed by atoms with Crippen LogP contribution in [-0.2, 0) is 24.5 Å². The number of carbonyl (C=O) groups excluding carboxylic acids is 2. The van der Waals surface area contributed by atoms with Crippen molar-refractivity contribution in [3.63, 3.8) is 0 Å². The van der Waals surface area contributed by atoms with Crippen LogP contribution in [-0.4, -0.2) is 34.2 Å². The molecule has 0 spiro atoms. The molecule has 126 valence electrons. The molecule has 0 unspecified atom stereocenters. The van der Waals surface area contributed by atoms with E-state index in [0.717, 1.165) is 5.69 Å². The molecule has 1 aromatic rings. The first-order chi connectivity index (χ1) is 10.5. The van der Waals surface area contributed by atoms with Crippen LogP contribution in [0, 0.1) is 0 Å². The molecule has 0 radical (unpaired) electrons. The van der Waals surface area contributed by atoms with E-state index < -0.39 is 17.7 Å². The number of nitrogens with zero attached hydrogens (tertiary/aromatic N) is 1. The SMILES string of the molecule is CSC(Nc1cc(C(C)(C)C)[nH]n1)=C1C(=O)OC(C)(C)OC1=O. The van der Waals surface area contributed by atoms with Gasteiger partial charge >= 0.3 is 11.9 Å². The predicted molar refractivity (Wildman–Crippen MR) is 87.7 cm³/mol. The number of nitrogens with one attached hydrogen (secondary N) is 2. The van der Waals surface area contributed by atoms with Crippen molar-refractivity contribution < 1.29 is 19.1 Å². The maximum atomic E-state index is 12.1. The largest absolute Gasteiger partial charge is 0.419 e. The predicted octanol–water partition coefficient (Wildman–Crippen LogP) is 2.53. The quantitative estimate of drug-likeness (QED) is 0.496. The molecule has 1 fully saturated rings. The van der Waals surface area contributed by atoms with Gasteiger partial charge in [0.05, 0.1) is 5.03 Å². The minimum absolute atomic E-state index is 0.0910. The lowest BCUT2D eigenvalue weighted by molar-refractivity contribution is -0.222. The Hall–Kier alpha value is -1.96. The molecule has 1 aromatic heterocycles. The van der Waals surface area contributed by atoms with Crippen molar-refractivity contribution in [2.45, 2.75) is 45.8 Å². The van der Waals surface area contributed by atoms with Gasteiger partial charge in [-0.25, -0.2) is 9.59 Å². The average Bonchev–Trinajstić information content (AvgIpc) is 2.83. The van der Waals surface area contributed by atoms with Crippen LogP contribution in [0.25, 0.3) is 0 Å². The number of cyclic esters (lactones) is 2. The summed E-state index contributed by atoms with van der Waals surface area (Å²) in [6, 6.07) is 1.83. The fraction of sp³-hybridized carbons (Fsp3) is 0.533. The highest BCUT2D eigenvalue weighted by atomic mass is 32.2. The van der Waals surface area contributed by atoms with E-state index >= 15 is 0 Å². The minimum atomic E-state index is -1.26. The number of thioether (sulfide) groups is 1. The molecular formula is C15H21N3O4S. The van der Waals surface area contributed by atoms with Gasteiger partial charge in [0.2, 0.25) is 0 Å². The highest BCUT2D eigenvalue weighted by molar-refractivity contribution is 8.02. The Bertz CT molecular complexity index is 649. The van der Waals surface area contributed by atoms with E-state index in [9.17, 15) is 9.59 Å². The Morgan fingerprint density at radius 2 is 1.83 bits per heavy atom. The van der Waals surface area contributed by atoms with Gasteiger partial charge < -0.3 is 14.8 Å². The van der Waals surface area contributed by atoms with Crippen molar-refractivity contribution in [3.05, 3.63) is 22.4 Å². The topological polar surface area (TPSA) is 93.3 Å². The zero-order valence-electron chi connectivity index (χ0n) is 14.1. The highest BCUT2D eigenvalue weighted by Gasteiger charge is 2.41. The van der Waals surface area contributed by atoms with Crippen molar-refractivity contribution in [2.75, 3.05) is 11.6 Å². The number of ether oxygens (including phenoxy) is 2. The molecule has 1 aliphatic rings. The summed E-state index contributed by atoms with van der Waals surface area (Å²) in [5.41, 5.74) is 0.685. The van der Waals surface area contributed by atoms with E-state index in [4.69, 9.17) is 9.47 Å². The Labute approximate surface area is 139 Å².